The number of nitrogens with zero attached hydrogens (tertiary/aromatic N) is 1. The normalized spacial score (nSPS) is 21.9. The average molecular weight is 263 g/mol. The summed E-state index contributed by atoms with van der Waals surface area (Å²) < 4.78 is 0. The Labute approximate surface area is 113 Å². The Morgan fingerprint density at radius 1 is 1.47 bits per heavy atom. The van der Waals surface area contributed by atoms with Crippen LogP contribution in [-0.4, -0.2) is 11.0 Å². The van der Waals surface area contributed by atoms with Gasteiger partial charge in [-0.25, -0.2) is 0 Å². The van der Waals surface area contributed by atoms with E-state index < -0.39 is 4.92 Å². The number of rotatable bonds is 3. The van der Waals surface area contributed by atoms with Crippen LogP contribution < -0.4 is 11.1 Å². The van der Waals surface area contributed by atoms with E-state index in [0.717, 1.165) is 19.3 Å². The molecule has 0 aromatic heterocycles. The van der Waals surface area contributed by atoms with Crippen LogP contribution in [0.2, 0.25) is 0 Å². The zero-order valence-corrected chi connectivity index (χ0v) is 11.5. The van der Waals surface area contributed by atoms with Gasteiger partial charge >= 0.3 is 5.69 Å². The number of hydrogen-bond donors (Lipinski definition) is 2. The standard InChI is InChI=1S/C14H21N3O2/c1-14(2)8-4-5-10(9-14)16-12-7-3-6-11(15)13(12)17(18)19/h3,6-7,10,16H,4-5,8-9,15H2,1-2H3. The lowest BCUT2D eigenvalue weighted by molar-refractivity contribution is -0.383. The van der Waals surface area contributed by atoms with Gasteiger partial charge in [-0.1, -0.05) is 26.3 Å². The molecule has 0 heterocycles. The lowest BCUT2D eigenvalue weighted by Crippen LogP contribution is -2.32. The molecule has 1 fully saturated rings. The number of para-hydroxylation sites is 1. The van der Waals surface area contributed by atoms with Crippen molar-refractivity contribution in [3.8, 4) is 0 Å². The molecular weight excluding hydrogens is 242 g/mol. The number of nitro groups is 1. The number of hydrogen-bond acceptors (Lipinski definition) is 4. The fraction of sp³-hybridized carbons (Fsp3) is 0.571. The van der Waals surface area contributed by atoms with Crippen LogP contribution >= 0.6 is 0 Å². The Bertz CT molecular complexity index is 486. The second-order valence-electron chi connectivity index (χ2n) is 6.10. The molecule has 1 aromatic carbocycles. The van der Waals surface area contributed by atoms with E-state index in [4.69, 9.17) is 5.73 Å². The molecule has 1 aliphatic rings. The number of anilines is 2. The van der Waals surface area contributed by atoms with Gasteiger partial charge in [0.25, 0.3) is 0 Å². The average Bonchev–Trinajstić information content (AvgIpc) is 2.26. The summed E-state index contributed by atoms with van der Waals surface area (Å²) in [7, 11) is 0. The summed E-state index contributed by atoms with van der Waals surface area (Å²) in [6.45, 7) is 4.49. The summed E-state index contributed by atoms with van der Waals surface area (Å²) in [5, 5.41) is 14.4. The van der Waals surface area contributed by atoms with Crippen molar-refractivity contribution in [2.24, 2.45) is 5.41 Å². The summed E-state index contributed by atoms with van der Waals surface area (Å²) in [5.74, 6) is 0. The van der Waals surface area contributed by atoms with Crippen molar-refractivity contribution in [2.45, 2.75) is 45.6 Å². The number of nitrogens with two attached hydrogens (primary N) is 1. The number of nitrogen functional groups attached to an aromatic ring is 1. The monoisotopic (exact) mass is 263 g/mol. The number of benzene rings is 1. The predicted octanol–water partition coefficient (Wildman–Crippen LogP) is 3.56. The van der Waals surface area contributed by atoms with Crippen molar-refractivity contribution in [1.29, 1.82) is 0 Å². The van der Waals surface area contributed by atoms with Gasteiger partial charge in [0.1, 0.15) is 11.4 Å². The van der Waals surface area contributed by atoms with Gasteiger partial charge in [0.05, 0.1) is 4.92 Å². The van der Waals surface area contributed by atoms with Gasteiger partial charge in [-0.15, -0.1) is 0 Å². The van der Waals surface area contributed by atoms with E-state index in [-0.39, 0.29) is 17.4 Å². The zero-order valence-electron chi connectivity index (χ0n) is 11.5. The second-order valence-corrected chi connectivity index (χ2v) is 6.10. The predicted molar refractivity (Wildman–Crippen MR) is 77.2 cm³/mol. The van der Waals surface area contributed by atoms with Gasteiger partial charge in [-0.3, -0.25) is 10.1 Å². The van der Waals surface area contributed by atoms with Gasteiger partial charge in [-0.05, 0) is 36.8 Å². The summed E-state index contributed by atoms with van der Waals surface area (Å²) >= 11 is 0. The highest BCUT2D eigenvalue weighted by atomic mass is 16.6. The Balaban J connectivity index is 2.19. The van der Waals surface area contributed by atoms with Crippen LogP contribution in [0.1, 0.15) is 39.5 Å². The van der Waals surface area contributed by atoms with Gasteiger partial charge < -0.3 is 11.1 Å². The van der Waals surface area contributed by atoms with Crippen molar-refractivity contribution in [3.63, 3.8) is 0 Å². The third-order valence-electron chi connectivity index (χ3n) is 3.81. The van der Waals surface area contributed by atoms with Crippen LogP contribution in [0, 0.1) is 15.5 Å². The van der Waals surface area contributed by atoms with Crippen molar-refractivity contribution in [2.75, 3.05) is 11.1 Å². The van der Waals surface area contributed by atoms with Crippen molar-refractivity contribution < 1.29 is 4.92 Å². The first-order chi connectivity index (χ1) is 8.89. The van der Waals surface area contributed by atoms with Crippen LogP contribution in [-0.2, 0) is 0 Å². The molecule has 0 aliphatic heterocycles. The first-order valence-corrected chi connectivity index (χ1v) is 6.68. The minimum atomic E-state index is -0.411. The van der Waals surface area contributed by atoms with E-state index in [2.05, 4.69) is 19.2 Å². The molecule has 1 aliphatic carbocycles. The molecule has 104 valence electrons. The number of nitro benzene ring substituents is 1. The van der Waals surface area contributed by atoms with Gasteiger partial charge in [0, 0.05) is 6.04 Å². The largest absolute Gasteiger partial charge is 0.393 e. The molecule has 0 amide bonds. The fourth-order valence-electron chi connectivity index (χ4n) is 2.92. The molecule has 19 heavy (non-hydrogen) atoms. The maximum absolute atomic E-state index is 11.1. The van der Waals surface area contributed by atoms with Gasteiger partial charge in [-0.2, -0.15) is 0 Å². The molecule has 0 saturated heterocycles. The first-order valence-electron chi connectivity index (χ1n) is 6.68. The van der Waals surface area contributed by atoms with Crippen molar-refractivity contribution in [3.05, 3.63) is 28.3 Å². The van der Waals surface area contributed by atoms with E-state index in [1.807, 2.05) is 0 Å². The van der Waals surface area contributed by atoms with Crippen LogP contribution in [0.4, 0.5) is 17.1 Å². The fourth-order valence-corrected chi connectivity index (χ4v) is 2.92. The Morgan fingerprint density at radius 2 is 2.21 bits per heavy atom. The van der Waals surface area contributed by atoms with Crippen LogP contribution in [0.15, 0.2) is 18.2 Å². The van der Waals surface area contributed by atoms with E-state index in [1.165, 1.54) is 6.42 Å². The van der Waals surface area contributed by atoms with E-state index >= 15 is 0 Å². The topological polar surface area (TPSA) is 81.2 Å². The highest BCUT2D eigenvalue weighted by Gasteiger charge is 2.29. The zero-order chi connectivity index (χ0) is 14.0. The Morgan fingerprint density at radius 3 is 2.84 bits per heavy atom. The minimum Gasteiger partial charge on any atom is -0.393 e. The summed E-state index contributed by atoms with van der Waals surface area (Å²) in [6, 6.07) is 5.33. The lowest BCUT2D eigenvalue weighted by atomic mass is 9.75. The van der Waals surface area contributed by atoms with Crippen molar-refractivity contribution in [1.82, 2.24) is 0 Å². The smallest absolute Gasteiger partial charge is 0.314 e. The third kappa shape index (κ3) is 3.16. The first kappa shape index (κ1) is 13.6. The van der Waals surface area contributed by atoms with Crippen LogP contribution in [0.5, 0.6) is 0 Å². The van der Waals surface area contributed by atoms with Gasteiger partial charge in [0.2, 0.25) is 0 Å². The molecule has 0 radical (unpaired) electrons. The molecule has 0 bridgehead atoms. The lowest BCUT2D eigenvalue weighted by Gasteiger charge is -2.35. The third-order valence-corrected chi connectivity index (χ3v) is 3.81. The maximum Gasteiger partial charge on any atom is 0.314 e. The summed E-state index contributed by atoms with van der Waals surface area (Å²) in [5.41, 5.74) is 6.74. The highest BCUT2D eigenvalue weighted by molar-refractivity contribution is 5.74. The van der Waals surface area contributed by atoms with E-state index in [1.54, 1.807) is 18.2 Å². The number of nitrogens with one attached hydrogen (secondary N) is 1. The minimum absolute atomic E-state index is 0.00844. The summed E-state index contributed by atoms with van der Waals surface area (Å²) in [6.07, 6.45) is 4.44. The highest BCUT2D eigenvalue weighted by Crippen LogP contribution is 2.38. The molecule has 2 rings (SSSR count). The molecular formula is C14H21N3O2. The molecule has 5 heteroatoms. The molecule has 0 spiro atoms. The molecule has 1 unspecified atom stereocenters. The molecule has 5 nitrogen and oxygen atoms in total. The van der Waals surface area contributed by atoms with E-state index in [0.29, 0.717) is 11.1 Å². The molecule has 1 aromatic rings. The van der Waals surface area contributed by atoms with Crippen molar-refractivity contribution >= 4 is 17.1 Å². The van der Waals surface area contributed by atoms with Gasteiger partial charge in [0.15, 0.2) is 0 Å². The molecule has 3 N–H and O–H groups in total. The Hall–Kier alpha value is -1.78. The molecule has 1 atom stereocenters. The second kappa shape index (κ2) is 5.07. The SMILES string of the molecule is CC1(C)CCCC(Nc2cccc(N)c2[N+](=O)[O-])C1. The molecule has 1 saturated carbocycles. The maximum atomic E-state index is 11.1. The summed E-state index contributed by atoms with van der Waals surface area (Å²) in [4.78, 5) is 10.7. The quantitative estimate of drug-likeness (QED) is 0.496. The van der Waals surface area contributed by atoms with Crippen LogP contribution in [0.25, 0.3) is 0 Å². The Kier molecular flexibility index (Phi) is 3.64. The van der Waals surface area contributed by atoms with Crippen LogP contribution in [0.3, 0.4) is 0 Å². The van der Waals surface area contributed by atoms with E-state index in [9.17, 15) is 10.1 Å².